The third-order valence-corrected chi connectivity index (χ3v) is 4.72. The number of hydrogen-bond acceptors (Lipinski definition) is 2. The Hall–Kier alpha value is -2.62. The van der Waals surface area contributed by atoms with Crippen LogP contribution in [-0.2, 0) is 22.6 Å². The minimum absolute atomic E-state index is 0.0246. The lowest BCUT2D eigenvalue weighted by Crippen LogP contribution is -2.50. The summed E-state index contributed by atoms with van der Waals surface area (Å²) in [6, 6.07) is 17.5. The zero-order valence-corrected chi connectivity index (χ0v) is 17.3. The molecule has 0 aliphatic carbocycles. The second kappa shape index (κ2) is 11.3. The van der Waals surface area contributed by atoms with Gasteiger partial charge in [0, 0.05) is 25.9 Å². The van der Waals surface area contributed by atoms with Crippen molar-refractivity contribution < 1.29 is 9.59 Å². The molecule has 1 N–H and O–H groups in total. The molecule has 2 rings (SSSR count). The number of amides is 2. The number of aryl methyl sites for hydroxylation is 1. The fourth-order valence-corrected chi connectivity index (χ4v) is 3.28. The number of nitrogens with zero attached hydrogens (tertiary/aromatic N) is 1. The second-order valence-corrected chi connectivity index (χ2v) is 7.26. The zero-order chi connectivity index (χ0) is 20.4. The number of carbonyl (C=O) groups excluding carboxylic acids is 2. The first-order valence-corrected chi connectivity index (χ1v) is 10.2. The Morgan fingerprint density at radius 1 is 0.964 bits per heavy atom. The summed E-state index contributed by atoms with van der Waals surface area (Å²) in [4.78, 5) is 27.8. The van der Waals surface area contributed by atoms with Gasteiger partial charge in [-0.2, -0.15) is 0 Å². The van der Waals surface area contributed by atoms with E-state index in [0.717, 1.165) is 29.5 Å². The Kier molecular flexibility index (Phi) is 8.73. The second-order valence-electron chi connectivity index (χ2n) is 7.26. The molecule has 0 aliphatic heterocycles. The minimum Gasteiger partial charge on any atom is -0.354 e. The number of carbonyl (C=O) groups is 2. The highest BCUT2D eigenvalue weighted by atomic mass is 16.2. The molecular formula is C24H32N2O2. The van der Waals surface area contributed by atoms with E-state index in [9.17, 15) is 9.59 Å². The molecule has 0 saturated carbocycles. The highest BCUT2D eigenvalue weighted by molar-refractivity contribution is 5.88. The third kappa shape index (κ3) is 6.52. The minimum atomic E-state index is -0.520. The lowest BCUT2D eigenvalue weighted by atomic mass is 10.0. The summed E-state index contributed by atoms with van der Waals surface area (Å²) in [5.74, 6) is -0.0561. The van der Waals surface area contributed by atoms with Crippen LogP contribution in [-0.4, -0.2) is 29.3 Å². The van der Waals surface area contributed by atoms with Crippen molar-refractivity contribution in [2.75, 3.05) is 6.54 Å². The van der Waals surface area contributed by atoms with E-state index in [1.54, 1.807) is 4.90 Å². The lowest BCUT2D eigenvalue weighted by Gasteiger charge is -2.31. The van der Waals surface area contributed by atoms with Crippen LogP contribution < -0.4 is 5.32 Å². The number of hydrogen-bond donors (Lipinski definition) is 1. The van der Waals surface area contributed by atoms with E-state index in [1.807, 2.05) is 69.3 Å². The molecule has 2 aromatic carbocycles. The maximum Gasteiger partial charge on any atom is 0.243 e. The van der Waals surface area contributed by atoms with Gasteiger partial charge in [0.1, 0.15) is 6.04 Å². The van der Waals surface area contributed by atoms with Crippen molar-refractivity contribution in [3.05, 3.63) is 71.3 Å². The van der Waals surface area contributed by atoms with Crippen molar-refractivity contribution in [1.29, 1.82) is 0 Å². The average Bonchev–Trinajstić information content (AvgIpc) is 2.69. The van der Waals surface area contributed by atoms with Crippen LogP contribution in [0.2, 0.25) is 0 Å². The maximum atomic E-state index is 13.0. The van der Waals surface area contributed by atoms with E-state index in [0.29, 0.717) is 25.9 Å². The predicted octanol–water partition coefficient (Wildman–Crippen LogP) is 4.26. The third-order valence-electron chi connectivity index (χ3n) is 4.72. The molecule has 2 aromatic rings. The topological polar surface area (TPSA) is 49.4 Å². The van der Waals surface area contributed by atoms with Crippen LogP contribution >= 0.6 is 0 Å². The Bertz CT molecular complexity index is 758. The van der Waals surface area contributed by atoms with Crippen molar-refractivity contribution in [2.24, 2.45) is 0 Å². The molecule has 0 aromatic heterocycles. The van der Waals surface area contributed by atoms with E-state index < -0.39 is 6.04 Å². The molecule has 1 atom stereocenters. The predicted molar refractivity (Wildman–Crippen MR) is 114 cm³/mol. The van der Waals surface area contributed by atoms with Crippen LogP contribution in [0.25, 0.3) is 0 Å². The molecule has 0 bridgehead atoms. The van der Waals surface area contributed by atoms with Crippen LogP contribution in [0, 0.1) is 6.92 Å². The summed E-state index contributed by atoms with van der Waals surface area (Å²) in [5, 5.41) is 2.99. The quantitative estimate of drug-likeness (QED) is 0.669. The molecule has 4 heteroatoms. The van der Waals surface area contributed by atoms with Gasteiger partial charge in [-0.3, -0.25) is 9.59 Å². The number of nitrogens with one attached hydrogen (secondary N) is 1. The van der Waals surface area contributed by atoms with Crippen LogP contribution in [0.1, 0.15) is 49.8 Å². The Labute approximate surface area is 169 Å². The smallest absolute Gasteiger partial charge is 0.243 e. The maximum absolute atomic E-state index is 13.0. The largest absolute Gasteiger partial charge is 0.354 e. The first-order valence-electron chi connectivity index (χ1n) is 10.2. The van der Waals surface area contributed by atoms with Crippen LogP contribution in [0.3, 0.4) is 0 Å². The molecule has 0 spiro atoms. The first kappa shape index (κ1) is 21.7. The molecular weight excluding hydrogens is 348 g/mol. The van der Waals surface area contributed by atoms with Crippen molar-refractivity contribution in [1.82, 2.24) is 10.2 Å². The first-order chi connectivity index (χ1) is 13.5. The molecule has 4 nitrogen and oxygen atoms in total. The zero-order valence-electron chi connectivity index (χ0n) is 17.3. The molecule has 0 radical (unpaired) electrons. The van der Waals surface area contributed by atoms with Gasteiger partial charge in [-0.1, -0.05) is 74.0 Å². The number of benzene rings is 2. The van der Waals surface area contributed by atoms with Gasteiger partial charge in [0.25, 0.3) is 0 Å². The molecule has 0 heterocycles. The van der Waals surface area contributed by atoms with Gasteiger partial charge < -0.3 is 10.2 Å². The van der Waals surface area contributed by atoms with Gasteiger partial charge in [-0.05, 0) is 30.9 Å². The molecule has 0 aliphatic rings. The van der Waals surface area contributed by atoms with E-state index >= 15 is 0 Å². The van der Waals surface area contributed by atoms with Crippen molar-refractivity contribution >= 4 is 11.8 Å². The van der Waals surface area contributed by atoms with Crippen molar-refractivity contribution in [3.8, 4) is 0 Å². The summed E-state index contributed by atoms with van der Waals surface area (Å²) < 4.78 is 0. The van der Waals surface area contributed by atoms with Gasteiger partial charge in [0.05, 0.1) is 0 Å². The van der Waals surface area contributed by atoms with Gasteiger partial charge >= 0.3 is 0 Å². The fraction of sp³-hybridized carbons (Fsp3) is 0.417. The summed E-state index contributed by atoms with van der Waals surface area (Å²) in [6.07, 6.45) is 2.58. The monoisotopic (exact) mass is 380 g/mol. The van der Waals surface area contributed by atoms with Crippen LogP contribution in [0.15, 0.2) is 54.6 Å². The van der Waals surface area contributed by atoms with E-state index in [4.69, 9.17) is 0 Å². The summed E-state index contributed by atoms with van der Waals surface area (Å²) >= 11 is 0. The highest BCUT2D eigenvalue weighted by Gasteiger charge is 2.29. The van der Waals surface area contributed by atoms with E-state index in [-0.39, 0.29) is 11.8 Å². The summed E-state index contributed by atoms with van der Waals surface area (Å²) in [7, 11) is 0. The van der Waals surface area contributed by atoms with Crippen LogP contribution in [0.5, 0.6) is 0 Å². The Morgan fingerprint density at radius 3 is 2.32 bits per heavy atom. The van der Waals surface area contributed by atoms with Gasteiger partial charge in [0.2, 0.25) is 11.8 Å². The van der Waals surface area contributed by atoms with Crippen molar-refractivity contribution in [3.63, 3.8) is 0 Å². The summed E-state index contributed by atoms with van der Waals surface area (Å²) in [6.45, 7) is 7.12. The average molecular weight is 381 g/mol. The van der Waals surface area contributed by atoms with Crippen LogP contribution in [0.4, 0.5) is 0 Å². The lowest BCUT2D eigenvalue weighted by molar-refractivity contribution is -0.141. The van der Waals surface area contributed by atoms with Crippen molar-refractivity contribution in [2.45, 2.75) is 59.0 Å². The van der Waals surface area contributed by atoms with Gasteiger partial charge in [-0.15, -0.1) is 0 Å². The normalized spacial score (nSPS) is 11.7. The van der Waals surface area contributed by atoms with E-state index in [1.165, 1.54) is 0 Å². The highest BCUT2D eigenvalue weighted by Crippen LogP contribution is 2.17. The molecule has 0 saturated heterocycles. The molecule has 0 fully saturated rings. The SMILES string of the molecule is CCCNC(=O)C(Cc1ccccc1)N(Cc1cccc(C)c1)C(=O)CCC. The molecule has 1 unspecified atom stereocenters. The van der Waals surface area contributed by atoms with Gasteiger partial charge in [0.15, 0.2) is 0 Å². The summed E-state index contributed by atoms with van der Waals surface area (Å²) in [5.41, 5.74) is 3.25. The fourth-order valence-electron chi connectivity index (χ4n) is 3.28. The number of rotatable bonds is 10. The Balaban J connectivity index is 2.34. The molecule has 28 heavy (non-hydrogen) atoms. The van der Waals surface area contributed by atoms with Gasteiger partial charge in [-0.25, -0.2) is 0 Å². The standard InChI is InChI=1S/C24H32N2O2/c1-4-10-23(27)26(18-21-14-9-11-19(3)16-21)22(24(28)25-15-5-2)17-20-12-7-6-8-13-20/h6-9,11-14,16,22H,4-5,10,15,17-18H2,1-3H3,(H,25,28). The molecule has 2 amide bonds. The Morgan fingerprint density at radius 2 is 1.68 bits per heavy atom. The van der Waals surface area contributed by atoms with E-state index in [2.05, 4.69) is 11.4 Å². The molecule has 150 valence electrons.